The first-order valence-corrected chi connectivity index (χ1v) is 2.18. The van der Waals surface area contributed by atoms with E-state index in [2.05, 4.69) is 6.92 Å². The molecule has 0 heterocycles. The molecule has 0 rings (SSSR count). The minimum absolute atomic E-state index is 1.07. The van der Waals surface area contributed by atoms with E-state index in [9.17, 15) is 0 Å². The van der Waals surface area contributed by atoms with Crippen molar-refractivity contribution in [3.8, 4) is 0 Å². The lowest BCUT2D eigenvalue weighted by Gasteiger charge is -1.85. The van der Waals surface area contributed by atoms with Crippen molar-refractivity contribution in [2.24, 2.45) is 0 Å². The summed E-state index contributed by atoms with van der Waals surface area (Å²) in [5, 5.41) is 0. The maximum absolute atomic E-state index is 5.12. The summed E-state index contributed by atoms with van der Waals surface area (Å²) in [6.07, 6.45) is 1.07. The van der Waals surface area contributed by atoms with Crippen LogP contribution in [0.4, 0.5) is 0 Å². The summed E-state index contributed by atoms with van der Waals surface area (Å²) in [7, 11) is 6.76. The molecule has 3 radical (unpaired) electrons. The highest BCUT2D eigenvalue weighted by Crippen LogP contribution is 1.96. The van der Waals surface area contributed by atoms with Gasteiger partial charge >= 0.3 is 7.17 Å². The van der Waals surface area contributed by atoms with Crippen molar-refractivity contribution in [2.45, 2.75) is 20.3 Å². The molecule has 0 bridgehead atoms. The third kappa shape index (κ3) is 2.25. The van der Waals surface area contributed by atoms with Crippen LogP contribution in [-0.4, -0.2) is 14.9 Å². The molecule has 6 heavy (non-hydrogen) atoms. The smallest absolute Gasteiger partial charge is 0.0262 e. The summed E-state index contributed by atoms with van der Waals surface area (Å²) >= 11 is 0. The molecular formula is C4H8B2+. The summed E-state index contributed by atoms with van der Waals surface area (Å²) < 4.78 is 0. The summed E-state index contributed by atoms with van der Waals surface area (Å²) in [5.74, 6) is 1.25. The van der Waals surface area contributed by atoms with Crippen LogP contribution in [0.1, 0.15) is 20.3 Å². The lowest BCUT2D eigenvalue weighted by atomic mass is 9.47. The largest absolute Gasteiger partial charge is 0.337 e. The van der Waals surface area contributed by atoms with Gasteiger partial charge < -0.3 is 0 Å². The number of hydrogen-bond donors (Lipinski definition) is 0. The van der Waals surface area contributed by atoms with Gasteiger partial charge in [0.2, 0.25) is 0 Å². The number of rotatable bonds is 2. The molecule has 0 aliphatic rings. The Morgan fingerprint density at radius 2 is 2.33 bits per heavy atom. The molecule has 2 heteroatoms. The number of hydrogen-bond acceptors (Lipinski definition) is 0. The second kappa shape index (κ2) is 3.20. The molecule has 0 aromatic carbocycles. The minimum Gasteiger partial charge on any atom is -0.0262 e. The first kappa shape index (κ1) is 6.00. The molecule has 0 saturated heterocycles. The molecule has 0 aliphatic carbocycles. The maximum Gasteiger partial charge on any atom is 0.337 e. The zero-order chi connectivity index (χ0) is 4.99. The van der Waals surface area contributed by atoms with E-state index in [0.717, 1.165) is 6.42 Å². The zero-order valence-corrected chi connectivity index (χ0v) is 4.36. The van der Waals surface area contributed by atoms with Crippen LogP contribution in [0.5, 0.6) is 0 Å². The van der Waals surface area contributed by atoms with Gasteiger partial charge in [0.15, 0.2) is 0 Å². The highest BCUT2D eigenvalue weighted by molar-refractivity contribution is 6.92. The standard InChI is InChI=1S/C4H8B2/c1-3-4(2)6-5/h3H2,1-2H3/q+1. The van der Waals surface area contributed by atoms with E-state index in [1.807, 2.05) is 6.92 Å². The van der Waals surface area contributed by atoms with E-state index in [0.29, 0.717) is 0 Å². The Kier molecular flexibility index (Phi) is 3.20. The maximum atomic E-state index is 5.12. The van der Waals surface area contributed by atoms with Gasteiger partial charge in [0.05, 0.1) is 21.1 Å². The van der Waals surface area contributed by atoms with Crippen molar-refractivity contribution >= 4 is 14.9 Å². The second-order valence-electron chi connectivity index (χ2n) is 1.37. The van der Waals surface area contributed by atoms with Crippen molar-refractivity contribution in [2.75, 3.05) is 0 Å². The fourth-order valence-electron chi connectivity index (χ4n) is 0.118. The van der Waals surface area contributed by atoms with Gasteiger partial charge in [-0.3, -0.25) is 0 Å². The zero-order valence-electron chi connectivity index (χ0n) is 4.36. The van der Waals surface area contributed by atoms with Crippen LogP contribution in [0.3, 0.4) is 0 Å². The van der Waals surface area contributed by atoms with E-state index in [4.69, 9.17) is 7.74 Å². The van der Waals surface area contributed by atoms with Crippen LogP contribution in [0, 0.1) is 5.82 Å². The lowest BCUT2D eigenvalue weighted by molar-refractivity contribution is 1.04. The molecule has 0 aromatic heterocycles. The van der Waals surface area contributed by atoms with Crippen molar-refractivity contribution in [1.82, 2.24) is 0 Å². The third-order valence-electron chi connectivity index (χ3n) is 0.842. The Bertz CT molecular complexity index is 24.7. The van der Waals surface area contributed by atoms with Gasteiger partial charge in [-0.05, 0) is 6.92 Å². The lowest BCUT2D eigenvalue weighted by Crippen LogP contribution is -1.99. The van der Waals surface area contributed by atoms with Crippen LogP contribution < -0.4 is 0 Å². The predicted octanol–water partition coefficient (Wildman–Crippen LogP) is 0.736. The summed E-state index contributed by atoms with van der Waals surface area (Å²) in [4.78, 5) is 0. The van der Waals surface area contributed by atoms with E-state index in [-0.39, 0.29) is 0 Å². The van der Waals surface area contributed by atoms with Gasteiger partial charge in [-0.2, -0.15) is 0 Å². The third-order valence-corrected chi connectivity index (χ3v) is 0.842. The Morgan fingerprint density at radius 1 is 1.83 bits per heavy atom. The van der Waals surface area contributed by atoms with Crippen LogP contribution in [0.25, 0.3) is 0 Å². The van der Waals surface area contributed by atoms with Crippen LogP contribution >= 0.6 is 0 Å². The van der Waals surface area contributed by atoms with Crippen LogP contribution in [0.2, 0.25) is 0 Å². The van der Waals surface area contributed by atoms with Gasteiger partial charge in [0, 0.05) is 5.82 Å². The molecule has 0 fully saturated rings. The molecule has 0 unspecified atom stereocenters. The monoisotopic (exact) mass is 78.1 g/mol. The second-order valence-corrected chi connectivity index (χ2v) is 1.37. The molecule has 0 atom stereocenters. The molecule has 0 amide bonds. The quantitative estimate of drug-likeness (QED) is 0.337. The normalized spacial score (nSPS) is 7.67. The van der Waals surface area contributed by atoms with Gasteiger partial charge in [0.1, 0.15) is 0 Å². The highest BCUT2D eigenvalue weighted by Gasteiger charge is 2.04. The van der Waals surface area contributed by atoms with Gasteiger partial charge in [-0.1, -0.05) is 0 Å². The predicted molar refractivity (Wildman–Crippen MR) is 30.7 cm³/mol. The van der Waals surface area contributed by atoms with Gasteiger partial charge in [-0.25, -0.2) is 0 Å². The van der Waals surface area contributed by atoms with E-state index in [1.54, 1.807) is 7.17 Å². The topological polar surface area (TPSA) is 0 Å². The molecule has 0 N–H and O–H groups in total. The van der Waals surface area contributed by atoms with Crippen molar-refractivity contribution in [3.05, 3.63) is 5.82 Å². The average molecular weight is 77.7 g/mol. The van der Waals surface area contributed by atoms with Gasteiger partial charge in [-0.15, -0.1) is 0 Å². The molecule has 29 valence electrons. The Labute approximate surface area is 42.0 Å². The molecule has 0 aliphatic heterocycles. The Balaban J connectivity index is 2.75. The molecule has 0 saturated carbocycles. The van der Waals surface area contributed by atoms with Crippen molar-refractivity contribution in [1.29, 1.82) is 0 Å². The van der Waals surface area contributed by atoms with E-state index >= 15 is 0 Å². The average Bonchev–Trinajstić information content (AvgIpc) is 1.65. The molecule has 0 nitrogen and oxygen atoms in total. The van der Waals surface area contributed by atoms with E-state index < -0.39 is 0 Å². The minimum atomic E-state index is 1.07. The first-order chi connectivity index (χ1) is 2.81. The fraction of sp³-hybridized carbons (Fsp3) is 0.750. The van der Waals surface area contributed by atoms with Gasteiger partial charge in [0.25, 0.3) is 0 Å². The summed E-state index contributed by atoms with van der Waals surface area (Å²) in [6, 6.07) is 0. The van der Waals surface area contributed by atoms with Crippen LogP contribution in [0.15, 0.2) is 0 Å². The Hall–Kier alpha value is -0.000130. The molecule has 0 spiro atoms. The summed E-state index contributed by atoms with van der Waals surface area (Å²) in [6.45, 7) is 4.10. The SMILES string of the molecule is [B][B][C+](C)CC. The van der Waals surface area contributed by atoms with Crippen LogP contribution in [-0.2, 0) is 0 Å². The van der Waals surface area contributed by atoms with Crippen molar-refractivity contribution in [3.63, 3.8) is 0 Å². The van der Waals surface area contributed by atoms with E-state index in [1.165, 1.54) is 5.82 Å². The molecule has 0 aromatic rings. The van der Waals surface area contributed by atoms with Crippen molar-refractivity contribution < 1.29 is 0 Å². The first-order valence-electron chi connectivity index (χ1n) is 2.18. The molecular weight excluding hydrogens is 69.7 g/mol. The highest BCUT2D eigenvalue weighted by atomic mass is 13.8. The summed E-state index contributed by atoms with van der Waals surface area (Å²) in [5.41, 5.74) is 0. The Morgan fingerprint density at radius 3 is 2.33 bits per heavy atom. The fourth-order valence-corrected chi connectivity index (χ4v) is 0.118.